The van der Waals surface area contributed by atoms with Crippen molar-refractivity contribution in [3.63, 3.8) is 0 Å². The summed E-state index contributed by atoms with van der Waals surface area (Å²) >= 11 is 0. The Hall–Kier alpha value is -0.520. The van der Waals surface area contributed by atoms with E-state index in [0.29, 0.717) is 12.0 Å². The SMILES string of the molecule is C#CCONCC1(C)CCC1. The summed E-state index contributed by atoms with van der Waals surface area (Å²) in [5.41, 5.74) is 3.35. The number of nitrogens with one attached hydrogen (secondary N) is 1. The van der Waals surface area contributed by atoms with E-state index in [9.17, 15) is 0 Å². The number of hydrogen-bond donors (Lipinski definition) is 1. The molecule has 62 valence electrons. The molecular formula is C9H15NO. The molecule has 0 amide bonds. The van der Waals surface area contributed by atoms with Crippen LogP contribution in [0.3, 0.4) is 0 Å². The third kappa shape index (κ3) is 2.53. The topological polar surface area (TPSA) is 21.3 Å². The molecule has 2 heteroatoms. The van der Waals surface area contributed by atoms with Gasteiger partial charge in [0.25, 0.3) is 0 Å². The molecule has 0 spiro atoms. The van der Waals surface area contributed by atoms with Gasteiger partial charge in [0.15, 0.2) is 0 Å². The van der Waals surface area contributed by atoms with Crippen molar-refractivity contribution in [2.24, 2.45) is 5.41 Å². The fraction of sp³-hybridized carbons (Fsp3) is 0.778. The highest BCUT2D eigenvalue weighted by atomic mass is 16.6. The van der Waals surface area contributed by atoms with Crippen molar-refractivity contribution in [2.75, 3.05) is 13.2 Å². The van der Waals surface area contributed by atoms with Gasteiger partial charge < -0.3 is 0 Å². The van der Waals surface area contributed by atoms with E-state index in [1.54, 1.807) is 0 Å². The molecule has 0 aliphatic heterocycles. The van der Waals surface area contributed by atoms with Crippen LogP contribution in [-0.2, 0) is 4.84 Å². The van der Waals surface area contributed by atoms with E-state index in [0.717, 1.165) is 6.54 Å². The molecule has 1 rings (SSSR count). The van der Waals surface area contributed by atoms with Crippen LogP contribution in [0.4, 0.5) is 0 Å². The van der Waals surface area contributed by atoms with Crippen LogP contribution < -0.4 is 5.48 Å². The molecule has 0 saturated heterocycles. The molecule has 0 aromatic rings. The Morgan fingerprint density at radius 3 is 2.82 bits per heavy atom. The predicted octanol–water partition coefficient (Wildman–Crippen LogP) is 1.33. The zero-order valence-electron chi connectivity index (χ0n) is 7.02. The van der Waals surface area contributed by atoms with Crippen molar-refractivity contribution in [3.8, 4) is 12.3 Å². The minimum Gasteiger partial charge on any atom is -0.289 e. The molecule has 0 atom stereocenters. The minimum absolute atomic E-state index is 0.357. The van der Waals surface area contributed by atoms with Gasteiger partial charge in [-0.1, -0.05) is 19.3 Å². The molecular weight excluding hydrogens is 138 g/mol. The van der Waals surface area contributed by atoms with Crippen molar-refractivity contribution in [3.05, 3.63) is 0 Å². The Labute approximate surface area is 68.3 Å². The van der Waals surface area contributed by atoms with Crippen LogP contribution in [0.15, 0.2) is 0 Å². The minimum atomic E-state index is 0.357. The highest BCUT2D eigenvalue weighted by Crippen LogP contribution is 2.39. The smallest absolute Gasteiger partial charge is 0.128 e. The van der Waals surface area contributed by atoms with Gasteiger partial charge in [-0.05, 0) is 18.3 Å². The molecule has 0 aromatic heterocycles. The van der Waals surface area contributed by atoms with Crippen LogP contribution in [0, 0.1) is 17.8 Å². The Morgan fingerprint density at radius 2 is 2.36 bits per heavy atom. The van der Waals surface area contributed by atoms with Gasteiger partial charge in [0.2, 0.25) is 0 Å². The largest absolute Gasteiger partial charge is 0.289 e. The number of hydrogen-bond acceptors (Lipinski definition) is 2. The average Bonchev–Trinajstić information content (AvgIpc) is 1.95. The molecule has 1 aliphatic rings. The normalized spacial score (nSPS) is 20.4. The molecule has 1 fully saturated rings. The third-order valence-corrected chi connectivity index (χ3v) is 2.32. The van der Waals surface area contributed by atoms with Gasteiger partial charge in [0.1, 0.15) is 6.61 Å². The molecule has 1 N–H and O–H groups in total. The van der Waals surface area contributed by atoms with E-state index in [4.69, 9.17) is 11.3 Å². The van der Waals surface area contributed by atoms with Crippen LogP contribution in [0.25, 0.3) is 0 Å². The summed E-state index contributed by atoms with van der Waals surface area (Å²) in [5, 5.41) is 0. The average molecular weight is 153 g/mol. The standard InChI is InChI=1S/C9H15NO/c1-3-7-11-10-8-9(2)5-4-6-9/h1,10H,4-8H2,2H3. The number of hydroxylamine groups is 1. The molecule has 0 radical (unpaired) electrons. The van der Waals surface area contributed by atoms with Gasteiger partial charge in [-0.2, -0.15) is 0 Å². The molecule has 11 heavy (non-hydrogen) atoms. The summed E-state index contributed by atoms with van der Waals surface area (Å²) in [4.78, 5) is 4.97. The van der Waals surface area contributed by atoms with E-state index < -0.39 is 0 Å². The van der Waals surface area contributed by atoms with Gasteiger partial charge in [-0.15, -0.1) is 6.42 Å². The van der Waals surface area contributed by atoms with E-state index in [1.807, 2.05) is 0 Å². The van der Waals surface area contributed by atoms with Gasteiger partial charge in [0.05, 0.1) is 0 Å². The van der Waals surface area contributed by atoms with Gasteiger partial charge >= 0.3 is 0 Å². The first-order valence-corrected chi connectivity index (χ1v) is 4.05. The van der Waals surface area contributed by atoms with Gasteiger partial charge in [-0.25, -0.2) is 5.48 Å². The van der Waals surface area contributed by atoms with Crippen LogP contribution in [0.2, 0.25) is 0 Å². The van der Waals surface area contributed by atoms with Crippen LogP contribution in [0.5, 0.6) is 0 Å². The lowest BCUT2D eigenvalue weighted by molar-refractivity contribution is 0.0165. The lowest BCUT2D eigenvalue weighted by atomic mass is 9.71. The quantitative estimate of drug-likeness (QED) is 0.374. The van der Waals surface area contributed by atoms with Crippen molar-refractivity contribution < 1.29 is 4.84 Å². The van der Waals surface area contributed by atoms with Gasteiger partial charge in [-0.3, -0.25) is 4.84 Å². The van der Waals surface area contributed by atoms with Crippen LogP contribution in [0.1, 0.15) is 26.2 Å². The zero-order chi connectivity index (χ0) is 8.16. The third-order valence-electron chi connectivity index (χ3n) is 2.32. The summed E-state index contributed by atoms with van der Waals surface area (Å²) in [5.74, 6) is 2.41. The summed E-state index contributed by atoms with van der Waals surface area (Å²) in [6, 6.07) is 0. The van der Waals surface area contributed by atoms with Crippen LogP contribution in [-0.4, -0.2) is 13.2 Å². The first-order chi connectivity index (χ1) is 5.27. The first-order valence-electron chi connectivity index (χ1n) is 4.05. The summed E-state index contributed by atoms with van der Waals surface area (Å²) in [6.07, 6.45) is 8.97. The molecule has 0 unspecified atom stereocenters. The lowest BCUT2D eigenvalue weighted by Gasteiger charge is -2.38. The van der Waals surface area contributed by atoms with Gasteiger partial charge in [0, 0.05) is 6.54 Å². The van der Waals surface area contributed by atoms with Crippen molar-refractivity contribution >= 4 is 0 Å². The molecule has 0 heterocycles. The fourth-order valence-electron chi connectivity index (χ4n) is 1.28. The Bertz CT molecular complexity index is 155. The molecule has 2 nitrogen and oxygen atoms in total. The summed E-state index contributed by atoms with van der Waals surface area (Å²) in [7, 11) is 0. The predicted molar refractivity (Wildman–Crippen MR) is 44.7 cm³/mol. The monoisotopic (exact) mass is 153 g/mol. The first kappa shape index (κ1) is 8.58. The molecule has 0 bridgehead atoms. The lowest BCUT2D eigenvalue weighted by Crippen LogP contribution is -2.37. The number of terminal acetylenes is 1. The Balaban J connectivity index is 1.99. The highest BCUT2D eigenvalue weighted by molar-refractivity contribution is 4.85. The van der Waals surface area contributed by atoms with E-state index >= 15 is 0 Å². The Kier molecular flexibility index (Phi) is 2.92. The summed E-state index contributed by atoms with van der Waals surface area (Å²) < 4.78 is 0. The second kappa shape index (κ2) is 3.75. The second-order valence-corrected chi connectivity index (χ2v) is 3.48. The van der Waals surface area contributed by atoms with Crippen molar-refractivity contribution in [1.29, 1.82) is 0 Å². The maximum atomic E-state index is 5.01. The van der Waals surface area contributed by atoms with E-state index in [-0.39, 0.29) is 0 Å². The molecule has 0 aromatic carbocycles. The van der Waals surface area contributed by atoms with E-state index in [1.165, 1.54) is 19.3 Å². The maximum absolute atomic E-state index is 5.01. The fourth-order valence-corrected chi connectivity index (χ4v) is 1.28. The zero-order valence-corrected chi connectivity index (χ0v) is 7.02. The number of rotatable bonds is 4. The summed E-state index contributed by atoms with van der Waals surface area (Å²) in [6.45, 7) is 3.55. The molecule has 1 saturated carbocycles. The maximum Gasteiger partial charge on any atom is 0.128 e. The van der Waals surface area contributed by atoms with E-state index in [2.05, 4.69) is 18.3 Å². The van der Waals surface area contributed by atoms with Crippen molar-refractivity contribution in [2.45, 2.75) is 26.2 Å². The molecule has 1 aliphatic carbocycles. The second-order valence-electron chi connectivity index (χ2n) is 3.48. The van der Waals surface area contributed by atoms with Crippen LogP contribution >= 0.6 is 0 Å². The van der Waals surface area contributed by atoms with Crippen molar-refractivity contribution in [1.82, 2.24) is 5.48 Å². The Morgan fingerprint density at radius 1 is 1.64 bits per heavy atom. The highest BCUT2D eigenvalue weighted by Gasteiger charge is 2.31.